The Hall–Kier alpha value is -2.45. The van der Waals surface area contributed by atoms with E-state index in [4.69, 9.17) is 10.5 Å². The molecule has 0 fully saturated rings. The number of primary amides is 1. The highest BCUT2D eigenvalue weighted by molar-refractivity contribution is 7.14. The Morgan fingerprint density at radius 1 is 1.30 bits per heavy atom. The molecule has 2 amide bonds. The van der Waals surface area contributed by atoms with Crippen LogP contribution in [0.2, 0.25) is 0 Å². The second kappa shape index (κ2) is 7.70. The van der Waals surface area contributed by atoms with Crippen LogP contribution >= 0.6 is 22.7 Å². The fourth-order valence-electron chi connectivity index (χ4n) is 1.61. The summed E-state index contributed by atoms with van der Waals surface area (Å²) in [5.41, 5.74) is 6.30. The zero-order chi connectivity index (χ0) is 16.8. The highest BCUT2D eigenvalue weighted by Gasteiger charge is 2.19. The van der Waals surface area contributed by atoms with E-state index in [9.17, 15) is 14.4 Å². The molecule has 0 aliphatic heterocycles. The van der Waals surface area contributed by atoms with Gasteiger partial charge in [0.1, 0.15) is 5.00 Å². The van der Waals surface area contributed by atoms with Gasteiger partial charge in [0, 0.05) is 6.08 Å². The lowest BCUT2D eigenvalue weighted by Gasteiger charge is -2.12. The predicted molar refractivity (Wildman–Crippen MR) is 90.4 cm³/mol. The van der Waals surface area contributed by atoms with Gasteiger partial charge >= 0.3 is 5.97 Å². The summed E-state index contributed by atoms with van der Waals surface area (Å²) in [6, 6.07) is 3.37. The molecule has 3 N–H and O–H groups in total. The van der Waals surface area contributed by atoms with Gasteiger partial charge < -0.3 is 15.8 Å². The van der Waals surface area contributed by atoms with Crippen molar-refractivity contribution in [2.75, 3.05) is 5.32 Å². The van der Waals surface area contributed by atoms with Crippen molar-refractivity contribution in [1.29, 1.82) is 0 Å². The normalized spacial score (nSPS) is 12.0. The summed E-state index contributed by atoms with van der Waals surface area (Å²) in [5, 5.41) is 8.26. The Bertz CT molecular complexity index is 735. The zero-order valence-electron chi connectivity index (χ0n) is 12.1. The number of anilines is 1. The third-order valence-corrected chi connectivity index (χ3v) is 4.32. The Morgan fingerprint density at radius 3 is 2.74 bits per heavy atom. The van der Waals surface area contributed by atoms with Gasteiger partial charge in [-0.3, -0.25) is 9.59 Å². The number of nitrogens with two attached hydrogens (primary N) is 1. The maximum Gasteiger partial charge on any atom is 0.331 e. The van der Waals surface area contributed by atoms with Crippen LogP contribution in [0, 0.1) is 0 Å². The van der Waals surface area contributed by atoms with Crippen LogP contribution in [-0.4, -0.2) is 23.9 Å². The van der Waals surface area contributed by atoms with E-state index in [2.05, 4.69) is 5.32 Å². The molecule has 2 heterocycles. The van der Waals surface area contributed by atoms with E-state index < -0.39 is 23.9 Å². The maximum absolute atomic E-state index is 12.0. The molecule has 8 heteroatoms. The number of carbonyl (C=O) groups excluding carboxylic acids is 3. The van der Waals surface area contributed by atoms with Crippen molar-refractivity contribution >= 4 is 51.5 Å². The first kappa shape index (κ1) is 16.9. The van der Waals surface area contributed by atoms with Crippen LogP contribution in [0.5, 0.6) is 0 Å². The first-order valence-electron chi connectivity index (χ1n) is 6.56. The Morgan fingerprint density at radius 2 is 2.09 bits per heavy atom. The fraction of sp³-hybridized carbons (Fsp3) is 0.133. The van der Waals surface area contributed by atoms with Gasteiger partial charge in [-0.15, -0.1) is 11.3 Å². The summed E-state index contributed by atoms with van der Waals surface area (Å²) in [5.74, 6) is -1.79. The van der Waals surface area contributed by atoms with Crippen molar-refractivity contribution in [2.45, 2.75) is 13.0 Å². The van der Waals surface area contributed by atoms with E-state index in [0.717, 1.165) is 16.9 Å². The molecule has 0 saturated heterocycles. The molecule has 2 aromatic heterocycles. The number of hydrogen-bond acceptors (Lipinski definition) is 6. The van der Waals surface area contributed by atoms with Crippen molar-refractivity contribution in [2.24, 2.45) is 5.73 Å². The van der Waals surface area contributed by atoms with Crippen LogP contribution in [0.15, 0.2) is 34.3 Å². The predicted octanol–water partition coefficient (Wildman–Crippen LogP) is 2.49. The summed E-state index contributed by atoms with van der Waals surface area (Å²) in [6.45, 7) is 1.45. The summed E-state index contributed by atoms with van der Waals surface area (Å²) >= 11 is 2.68. The molecule has 6 nitrogen and oxygen atoms in total. The minimum Gasteiger partial charge on any atom is -0.449 e. The quantitative estimate of drug-likeness (QED) is 0.618. The second-order valence-corrected chi connectivity index (χ2v) is 6.18. The van der Waals surface area contributed by atoms with Gasteiger partial charge in [-0.05, 0) is 46.8 Å². The molecule has 0 saturated carbocycles. The minimum atomic E-state index is -1.00. The van der Waals surface area contributed by atoms with Gasteiger partial charge in [0.25, 0.3) is 11.8 Å². The van der Waals surface area contributed by atoms with Gasteiger partial charge in [0.2, 0.25) is 0 Å². The van der Waals surface area contributed by atoms with E-state index in [1.807, 2.05) is 16.8 Å². The summed E-state index contributed by atoms with van der Waals surface area (Å²) in [6.07, 6.45) is 1.86. The third-order valence-electron chi connectivity index (χ3n) is 2.78. The molecular weight excluding hydrogens is 336 g/mol. The summed E-state index contributed by atoms with van der Waals surface area (Å²) < 4.78 is 5.01. The van der Waals surface area contributed by atoms with Gasteiger partial charge in [-0.25, -0.2) is 4.79 Å². The number of hydrogen-bond donors (Lipinski definition) is 2. The van der Waals surface area contributed by atoms with Gasteiger partial charge in [-0.1, -0.05) is 0 Å². The topological polar surface area (TPSA) is 98.5 Å². The average molecular weight is 350 g/mol. The number of carbonyl (C=O) groups is 3. The molecule has 120 valence electrons. The van der Waals surface area contributed by atoms with Gasteiger partial charge in [-0.2, -0.15) is 11.3 Å². The van der Waals surface area contributed by atoms with E-state index in [1.165, 1.54) is 30.4 Å². The fourth-order valence-corrected chi connectivity index (χ4v) is 3.04. The van der Waals surface area contributed by atoms with E-state index in [0.29, 0.717) is 5.00 Å². The Balaban J connectivity index is 1.90. The summed E-state index contributed by atoms with van der Waals surface area (Å²) in [4.78, 5) is 34.9. The Kier molecular flexibility index (Phi) is 5.67. The average Bonchev–Trinajstić information content (AvgIpc) is 3.16. The highest BCUT2D eigenvalue weighted by atomic mass is 32.1. The molecule has 0 aliphatic carbocycles. The van der Waals surface area contributed by atoms with Crippen LogP contribution in [-0.2, 0) is 14.3 Å². The Labute approximate surface area is 140 Å². The first-order chi connectivity index (χ1) is 11.0. The van der Waals surface area contributed by atoms with Crippen molar-refractivity contribution in [3.05, 3.63) is 45.5 Å². The zero-order valence-corrected chi connectivity index (χ0v) is 13.8. The van der Waals surface area contributed by atoms with Gasteiger partial charge in [0.15, 0.2) is 6.10 Å². The number of thiophene rings is 2. The minimum absolute atomic E-state index is 0.222. The van der Waals surface area contributed by atoms with E-state index in [-0.39, 0.29) is 5.56 Å². The van der Waals surface area contributed by atoms with Crippen LogP contribution in [0.25, 0.3) is 6.08 Å². The monoisotopic (exact) mass is 350 g/mol. The van der Waals surface area contributed by atoms with Gasteiger partial charge in [0.05, 0.1) is 5.56 Å². The molecular formula is C15H14N2O4S2. The molecule has 0 aliphatic rings. The van der Waals surface area contributed by atoms with Crippen molar-refractivity contribution in [1.82, 2.24) is 0 Å². The molecule has 23 heavy (non-hydrogen) atoms. The largest absolute Gasteiger partial charge is 0.449 e. The van der Waals surface area contributed by atoms with Crippen LogP contribution in [0.3, 0.4) is 0 Å². The summed E-state index contributed by atoms with van der Waals surface area (Å²) in [7, 11) is 0. The lowest BCUT2D eigenvalue weighted by atomic mass is 10.3. The molecule has 0 bridgehead atoms. The number of ether oxygens (including phenoxy) is 1. The van der Waals surface area contributed by atoms with Crippen molar-refractivity contribution < 1.29 is 19.1 Å². The van der Waals surface area contributed by atoms with Crippen molar-refractivity contribution in [3.63, 3.8) is 0 Å². The second-order valence-electron chi connectivity index (χ2n) is 4.49. The molecule has 0 spiro atoms. The number of esters is 1. The number of nitrogens with one attached hydrogen (secondary N) is 1. The molecule has 0 aromatic carbocycles. The molecule has 1 atom stereocenters. The number of rotatable bonds is 6. The first-order valence-corrected chi connectivity index (χ1v) is 8.38. The molecule has 0 unspecified atom stereocenters. The van der Waals surface area contributed by atoms with Crippen molar-refractivity contribution in [3.8, 4) is 0 Å². The smallest absolute Gasteiger partial charge is 0.331 e. The lowest BCUT2D eigenvalue weighted by Crippen LogP contribution is -2.29. The molecule has 2 aromatic rings. The van der Waals surface area contributed by atoms with Crippen LogP contribution in [0.1, 0.15) is 22.8 Å². The number of amides is 2. The molecule has 0 radical (unpaired) electrons. The van der Waals surface area contributed by atoms with Crippen LogP contribution in [0.4, 0.5) is 5.00 Å². The molecule has 2 rings (SSSR count). The third kappa shape index (κ3) is 4.76. The van der Waals surface area contributed by atoms with E-state index in [1.54, 1.807) is 11.5 Å². The SMILES string of the molecule is C[C@@H](OC(=O)/C=C/c1ccsc1)C(=O)Nc1sccc1C(N)=O. The van der Waals surface area contributed by atoms with Crippen LogP contribution < -0.4 is 11.1 Å². The lowest BCUT2D eigenvalue weighted by molar-refractivity contribution is -0.148. The highest BCUT2D eigenvalue weighted by Crippen LogP contribution is 2.23. The maximum atomic E-state index is 12.0. The van der Waals surface area contributed by atoms with E-state index >= 15 is 0 Å². The standard InChI is InChI=1S/C15H14N2O4S2/c1-9(21-12(18)3-2-10-4-6-22-8-10)14(20)17-15-11(13(16)19)5-7-23-15/h2-9H,1H3,(H2,16,19)(H,17,20)/b3-2+/t9-/m1/s1.